The van der Waals surface area contributed by atoms with Crippen LogP contribution in [0, 0.1) is 5.92 Å². The number of hydrogen-bond acceptors (Lipinski definition) is 4. The summed E-state index contributed by atoms with van der Waals surface area (Å²) in [6, 6.07) is 14.9. The Kier molecular flexibility index (Phi) is 6.79. The molecule has 0 aromatic heterocycles. The molecule has 32 heavy (non-hydrogen) atoms. The summed E-state index contributed by atoms with van der Waals surface area (Å²) >= 11 is 0. The number of nitrogens with one attached hydrogen (secondary N) is 2. The molecule has 2 fully saturated rings. The summed E-state index contributed by atoms with van der Waals surface area (Å²) in [5, 5.41) is 3.16. The minimum Gasteiger partial charge on any atom is -0.353 e. The van der Waals surface area contributed by atoms with Crippen LogP contribution in [0.15, 0.2) is 59.5 Å². The van der Waals surface area contributed by atoms with Crippen LogP contribution in [0.2, 0.25) is 0 Å². The zero-order chi connectivity index (χ0) is 22.6. The number of anilines is 1. The first kappa shape index (κ1) is 22.3. The SMILES string of the molecule is O=C(NC1CCCC1)C1CCN(C(=O)c2ccc(NS(=O)(=O)c3ccccc3)cc2)CC1. The van der Waals surface area contributed by atoms with E-state index >= 15 is 0 Å². The summed E-state index contributed by atoms with van der Waals surface area (Å²) in [5.74, 6) is -0.00871. The predicted octanol–water partition coefficient (Wildman–Crippen LogP) is 3.40. The molecular formula is C24H29N3O4S. The van der Waals surface area contributed by atoms with E-state index in [1.807, 2.05) is 0 Å². The number of sulfonamides is 1. The van der Waals surface area contributed by atoms with Gasteiger partial charge in [0, 0.05) is 36.3 Å². The molecule has 0 atom stereocenters. The summed E-state index contributed by atoms with van der Waals surface area (Å²) in [7, 11) is -3.67. The molecule has 8 heteroatoms. The smallest absolute Gasteiger partial charge is 0.261 e. The third-order valence-electron chi connectivity index (χ3n) is 6.29. The molecule has 0 bridgehead atoms. The topological polar surface area (TPSA) is 95.6 Å². The van der Waals surface area contributed by atoms with Gasteiger partial charge in [0.2, 0.25) is 5.91 Å². The minimum atomic E-state index is -3.67. The van der Waals surface area contributed by atoms with Gasteiger partial charge in [-0.15, -0.1) is 0 Å². The van der Waals surface area contributed by atoms with Crippen LogP contribution in [0.5, 0.6) is 0 Å². The van der Waals surface area contributed by atoms with E-state index in [2.05, 4.69) is 10.0 Å². The number of carbonyl (C=O) groups is 2. The number of benzene rings is 2. The Morgan fingerprint density at radius 1 is 0.844 bits per heavy atom. The molecule has 2 N–H and O–H groups in total. The van der Waals surface area contributed by atoms with E-state index < -0.39 is 10.0 Å². The third kappa shape index (κ3) is 5.30. The fourth-order valence-corrected chi connectivity index (χ4v) is 5.49. The summed E-state index contributed by atoms with van der Waals surface area (Å²) in [6.45, 7) is 1.09. The number of hydrogen-bond donors (Lipinski definition) is 2. The van der Waals surface area contributed by atoms with Gasteiger partial charge in [-0.25, -0.2) is 8.42 Å². The van der Waals surface area contributed by atoms with Crippen molar-refractivity contribution in [1.29, 1.82) is 0 Å². The van der Waals surface area contributed by atoms with Crippen LogP contribution in [-0.4, -0.2) is 44.3 Å². The first-order chi connectivity index (χ1) is 15.4. The Labute approximate surface area is 189 Å². The molecule has 7 nitrogen and oxygen atoms in total. The predicted molar refractivity (Wildman–Crippen MR) is 123 cm³/mol. The number of likely N-dealkylation sites (tertiary alicyclic amines) is 1. The fraction of sp³-hybridized carbons (Fsp3) is 0.417. The van der Waals surface area contributed by atoms with Crippen molar-refractivity contribution in [3.8, 4) is 0 Å². The first-order valence-corrected chi connectivity index (χ1v) is 12.7. The van der Waals surface area contributed by atoms with Gasteiger partial charge in [0.05, 0.1) is 4.90 Å². The zero-order valence-corrected chi connectivity index (χ0v) is 18.8. The minimum absolute atomic E-state index is 0.0329. The van der Waals surface area contributed by atoms with Gasteiger partial charge in [0.1, 0.15) is 0 Å². The van der Waals surface area contributed by atoms with E-state index in [9.17, 15) is 18.0 Å². The van der Waals surface area contributed by atoms with Crippen molar-refractivity contribution in [2.24, 2.45) is 5.92 Å². The van der Waals surface area contributed by atoms with E-state index in [0.717, 1.165) is 12.8 Å². The summed E-state index contributed by atoms with van der Waals surface area (Å²) < 4.78 is 27.4. The van der Waals surface area contributed by atoms with Crippen molar-refractivity contribution in [2.45, 2.75) is 49.5 Å². The molecule has 4 rings (SSSR count). The molecule has 0 radical (unpaired) electrons. The lowest BCUT2D eigenvalue weighted by atomic mass is 9.95. The van der Waals surface area contributed by atoms with Crippen LogP contribution in [0.3, 0.4) is 0 Å². The van der Waals surface area contributed by atoms with Crippen molar-refractivity contribution in [3.05, 3.63) is 60.2 Å². The monoisotopic (exact) mass is 455 g/mol. The molecule has 0 unspecified atom stereocenters. The molecule has 2 aliphatic rings. The number of rotatable bonds is 6. The molecule has 0 spiro atoms. The van der Waals surface area contributed by atoms with Crippen LogP contribution >= 0.6 is 0 Å². The van der Waals surface area contributed by atoms with Gasteiger partial charge in [-0.2, -0.15) is 0 Å². The van der Waals surface area contributed by atoms with E-state index in [1.54, 1.807) is 47.4 Å². The number of amides is 2. The average molecular weight is 456 g/mol. The largest absolute Gasteiger partial charge is 0.353 e. The standard InChI is InChI=1S/C24H29N3O4S/c28-23(25-20-6-4-5-7-20)18-14-16-27(17-15-18)24(29)19-10-12-21(13-11-19)26-32(30,31)22-8-2-1-3-9-22/h1-3,8-13,18,20,26H,4-7,14-17H2,(H,25,28). The Bertz CT molecular complexity index is 1040. The second-order valence-electron chi connectivity index (χ2n) is 8.55. The molecule has 1 aliphatic carbocycles. The summed E-state index contributed by atoms with van der Waals surface area (Å²) in [4.78, 5) is 27.3. The Balaban J connectivity index is 1.31. The van der Waals surface area contributed by atoms with Gasteiger partial charge in [-0.3, -0.25) is 14.3 Å². The van der Waals surface area contributed by atoms with Gasteiger partial charge in [-0.1, -0.05) is 31.0 Å². The van der Waals surface area contributed by atoms with Crippen LogP contribution in [0.1, 0.15) is 48.9 Å². The van der Waals surface area contributed by atoms with Crippen molar-refractivity contribution in [2.75, 3.05) is 17.8 Å². The van der Waals surface area contributed by atoms with E-state index in [1.165, 1.54) is 25.0 Å². The third-order valence-corrected chi connectivity index (χ3v) is 7.69. The zero-order valence-electron chi connectivity index (χ0n) is 18.0. The quantitative estimate of drug-likeness (QED) is 0.698. The maximum atomic E-state index is 12.9. The normalized spacial score (nSPS) is 17.8. The van der Waals surface area contributed by atoms with Crippen molar-refractivity contribution < 1.29 is 18.0 Å². The van der Waals surface area contributed by atoms with Gasteiger partial charge >= 0.3 is 0 Å². The second-order valence-corrected chi connectivity index (χ2v) is 10.2. The van der Waals surface area contributed by atoms with E-state index in [-0.39, 0.29) is 22.6 Å². The maximum absolute atomic E-state index is 12.9. The van der Waals surface area contributed by atoms with Gasteiger partial charge in [0.15, 0.2) is 0 Å². The van der Waals surface area contributed by atoms with Crippen molar-refractivity contribution in [3.63, 3.8) is 0 Å². The molecule has 2 aromatic rings. The lowest BCUT2D eigenvalue weighted by Gasteiger charge is -2.32. The highest BCUT2D eigenvalue weighted by molar-refractivity contribution is 7.92. The Morgan fingerprint density at radius 2 is 1.47 bits per heavy atom. The average Bonchev–Trinajstić information content (AvgIpc) is 3.32. The van der Waals surface area contributed by atoms with E-state index in [4.69, 9.17) is 0 Å². The summed E-state index contributed by atoms with van der Waals surface area (Å²) in [6.07, 6.45) is 5.84. The van der Waals surface area contributed by atoms with Crippen LogP contribution < -0.4 is 10.0 Å². The molecule has 1 heterocycles. The molecular weight excluding hydrogens is 426 g/mol. The number of nitrogens with zero attached hydrogens (tertiary/aromatic N) is 1. The highest BCUT2D eigenvalue weighted by atomic mass is 32.2. The Hall–Kier alpha value is -2.87. The van der Waals surface area contributed by atoms with Crippen molar-refractivity contribution in [1.82, 2.24) is 10.2 Å². The Morgan fingerprint density at radius 3 is 2.09 bits per heavy atom. The second kappa shape index (κ2) is 9.73. The van der Waals surface area contributed by atoms with Crippen molar-refractivity contribution >= 4 is 27.5 Å². The van der Waals surface area contributed by atoms with Crippen LogP contribution in [0.25, 0.3) is 0 Å². The van der Waals surface area contributed by atoms with Crippen LogP contribution in [0.4, 0.5) is 5.69 Å². The summed E-state index contributed by atoms with van der Waals surface area (Å²) in [5.41, 5.74) is 0.897. The van der Waals surface area contributed by atoms with Gasteiger partial charge in [-0.05, 0) is 62.1 Å². The van der Waals surface area contributed by atoms with Crippen LogP contribution in [-0.2, 0) is 14.8 Å². The lowest BCUT2D eigenvalue weighted by molar-refractivity contribution is -0.127. The lowest BCUT2D eigenvalue weighted by Crippen LogP contribution is -2.44. The van der Waals surface area contributed by atoms with Gasteiger partial charge < -0.3 is 10.2 Å². The maximum Gasteiger partial charge on any atom is 0.261 e. The van der Waals surface area contributed by atoms with Gasteiger partial charge in [0.25, 0.3) is 15.9 Å². The number of carbonyl (C=O) groups excluding carboxylic acids is 2. The molecule has 170 valence electrons. The molecule has 2 amide bonds. The molecule has 1 saturated carbocycles. The molecule has 2 aromatic carbocycles. The van der Waals surface area contributed by atoms with E-state index in [0.29, 0.717) is 43.2 Å². The number of piperidine rings is 1. The highest BCUT2D eigenvalue weighted by Crippen LogP contribution is 2.23. The molecule has 1 saturated heterocycles. The fourth-order valence-electron chi connectivity index (χ4n) is 4.41. The highest BCUT2D eigenvalue weighted by Gasteiger charge is 2.29. The molecule has 1 aliphatic heterocycles. The first-order valence-electron chi connectivity index (χ1n) is 11.2.